The zero-order chi connectivity index (χ0) is 9.19. The van der Waals surface area contributed by atoms with E-state index in [-0.39, 0.29) is 0 Å². The highest BCUT2D eigenvalue weighted by Gasteiger charge is 2.41. The van der Waals surface area contributed by atoms with E-state index < -0.39 is 12.1 Å². The Balaban J connectivity index is 2.46. The fraction of sp³-hybridized carbons (Fsp3) is 1.00. The molecule has 72 valence electrons. The molecule has 2 atom stereocenters. The van der Waals surface area contributed by atoms with E-state index in [1.54, 1.807) is 0 Å². The van der Waals surface area contributed by atoms with Crippen LogP contribution >= 0.6 is 0 Å². The van der Waals surface area contributed by atoms with Crippen molar-refractivity contribution in [2.45, 2.75) is 45.2 Å². The first kappa shape index (κ1) is 9.87. The SMILES string of the molecule is CCC1CCC[C@@H](C(F)(F)F)C1. The van der Waals surface area contributed by atoms with E-state index >= 15 is 0 Å². The fourth-order valence-corrected chi connectivity index (χ4v) is 1.96. The molecule has 0 aromatic heterocycles. The van der Waals surface area contributed by atoms with Gasteiger partial charge in [0.1, 0.15) is 0 Å². The second-order valence-electron chi connectivity index (χ2n) is 3.68. The average Bonchev–Trinajstić information content (AvgIpc) is 2.03. The molecule has 0 N–H and O–H groups in total. The number of halogens is 3. The number of rotatable bonds is 1. The molecule has 1 aliphatic rings. The number of alkyl halides is 3. The maximum absolute atomic E-state index is 12.3. The van der Waals surface area contributed by atoms with Gasteiger partial charge in [-0.3, -0.25) is 0 Å². The second-order valence-corrected chi connectivity index (χ2v) is 3.68. The van der Waals surface area contributed by atoms with Crippen molar-refractivity contribution < 1.29 is 13.2 Å². The summed E-state index contributed by atoms with van der Waals surface area (Å²) >= 11 is 0. The molecule has 3 heteroatoms. The van der Waals surface area contributed by atoms with Gasteiger partial charge in [0.05, 0.1) is 5.92 Å². The van der Waals surface area contributed by atoms with Crippen LogP contribution in [0.25, 0.3) is 0 Å². The van der Waals surface area contributed by atoms with Crippen LogP contribution in [0.15, 0.2) is 0 Å². The van der Waals surface area contributed by atoms with Gasteiger partial charge in [-0.2, -0.15) is 13.2 Å². The molecule has 12 heavy (non-hydrogen) atoms. The molecule has 0 heterocycles. The summed E-state index contributed by atoms with van der Waals surface area (Å²) in [5.74, 6) is -0.707. The summed E-state index contributed by atoms with van der Waals surface area (Å²) < 4.78 is 36.8. The van der Waals surface area contributed by atoms with Crippen LogP contribution in [0.2, 0.25) is 0 Å². The van der Waals surface area contributed by atoms with E-state index in [0.717, 1.165) is 19.3 Å². The largest absolute Gasteiger partial charge is 0.391 e. The summed E-state index contributed by atoms with van der Waals surface area (Å²) in [6.45, 7) is 1.98. The molecule has 0 radical (unpaired) electrons. The lowest BCUT2D eigenvalue weighted by atomic mass is 9.80. The quantitative estimate of drug-likeness (QED) is 0.576. The van der Waals surface area contributed by atoms with Crippen LogP contribution in [0.4, 0.5) is 13.2 Å². The van der Waals surface area contributed by atoms with Crippen LogP contribution in [0.1, 0.15) is 39.0 Å². The smallest absolute Gasteiger partial charge is 0.171 e. The molecule has 0 aromatic rings. The van der Waals surface area contributed by atoms with E-state index in [9.17, 15) is 13.2 Å². The van der Waals surface area contributed by atoms with Gasteiger partial charge in [0.25, 0.3) is 0 Å². The predicted octanol–water partition coefficient (Wildman–Crippen LogP) is 3.77. The Kier molecular flexibility index (Phi) is 3.02. The zero-order valence-electron chi connectivity index (χ0n) is 7.32. The third kappa shape index (κ3) is 2.39. The Labute approximate surface area is 71.1 Å². The Hall–Kier alpha value is -0.210. The third-order valence-electron chi connectivity index (χ3n) is 2.82. The first-order valence-electron chi connectivity index (χ1n) is 4.60. The first-order chi connectivity index (χ1) is 5.54. The minimum Gasteiger partial charge on any atom is -0.171 e. The van der Waals surface area contributed by atoms with Gasteiger partial charge in [-0.25, -0.2) is 0 Å². The highest BCUT2D eigenvalue weighted by atomic mass is 19.4. The molecule has 1 saturated carbocycles. The summed E-state index contributed by atoms with van der Waals surface area (Å²) in [4.78, 5) is 0. The molecule has 1 aliphatic carbocycles. The Morgan fingerprint density at radius 3 is 2.42 bits per heavy atom. The van der Waals surface area contributed by atoms with Gasteiger partial charge >= 0.3 is 6.18 Å². The summed E-state index contributed by atoms with van der Waals surface area (Å²) in [6.07, 6.45) is -0.605. The average molecular weight is 180 g/mol. The minimum atomic E-state index is -3.95. The van der Waals surface area contributed by atoms with Gasteiger partial charge in [-0.15, -0.1) is 0 Å². The van der Waals surface area contributed by atoms with Crippen molar-refractivity contribution >= 4 is 0 Å². The Morgan fingerprint density at radius 2 is 1.92 bits per heavy atom. The van der Waals surface area contributed by atoms with Crippen LogP contribution in [0.5, 0.6) is 0 Å². The lowest BCUT2D eigenvalue weighted by Gasteiger charge is -2.29. The number of hydrogen-bond donors (Lipinski definition) is 0. The molecule has 0 bridgehead atoms. The summed E-state index contributed by atoms with van der Waals surface area (Å²) in [5.41, 5.74) is 0. The van der Waals surface area contributed by atoms with Crippen molar-refractivity contribution in [1.82, 2.24) is 0 Å². The molecule has 0 spiro atoms. The lowest BCUT2D eigenvalue weighted by molar-refractivity contribution is -0.185. The highest BCUT2D eigenvalue weighted by Crippen LogP contribution is 2.40. The van der Waals surface area contributed by atoms with E-state index in [1.165, 1.54) is 0 Å². The topological polar surface area (TPSA) is 0 Å². The Morgan fingerprint density at radius 1 is 1.25 bits per heavy atom. The molecule has 0 aliphatic heterocycles. The maximum atomic E-state index is 12.3. The van der Waals surface area contributed by atoms with Crippen molar-refractivity contribution in [3.8, 4) is 0 Å². The summed E-state index contributed by atoms with van der Waals surface area (Å²) in [5, 5.41) is 0. The first-order valence-corrected chi connectivity index (χ1v) is 4.60. The van der Waals surface area contributed by atoms with Gasteiger partial charge in [-0.1, -0.05) is 26.2 Å². The standard InChI is InChI=1S/C9H15F3/c1-2-7-4-3-5-8(6-7)9(10,11)12/h7-8H,2-6H2,1H3/t7?,8-/m1/s1. The summed E-state index contributed by atoms with van der Waals surface area (Å²) in [6, 6.07) is 0. The van der Waals surface area contributed by atoms with Crippen LogP contribution < -0.4 is 0 Å². The second kappa shape index (κ2) is 3.67. The molecule has 0 aromatic carbocycles. The molecule has 0 saturated heterocycles. The van der Waals surface area contributed by atoms with Gasteiger partial charge < -0.3 is 0 Å². The van der Waals surface area contributed by atoms with E-state index in [2.05, 4.69) is 0 Å². The van der Waals surface area contributed by atoms with Crippen molar-refractivity contribution in [2.75, 3.05) is 0 Å². The molecular weight excluding hydrogens is 165 g/mol. The van der Waals surface area contributed by atoms with E-state index in [1.807, 2.05) is 6.92 Å². The van der Waals surface area contributed by atoms with Crippen LogP contribution in [-0.2, 0) is 0 Å². The summed E-state index contributed by atoms with van der Waals surface area (Å²) in [7, 11) is 0. The highest BCUT2D eigenvalue weighted by molar-refractivity contribution is 4.76. The third-order valence-corrected chi connectivity index (χ3v) is 2.82. The normalized spacial score (nSPS) is 32.0. The lowest BCUT2D eigenvalue weighted by Crippen LogP contribution is -2.28. The molecular formula is C9H15F3. The molecule has 0 nitrogen and oxygen atoms in total. The fourth-order valence-electron chi connectivity index (χ4n) is 1.96. The minimum absolute atomic E-state index is 0.311. The number of hydrogen-bond acceptors (Lipinski definition) is 0. The van der Waals surface area contributed by atoms with Gasteiger partial charge in [-0.05, 0) is 18.8 Å². The van der Waals surface area contributed by atoms with Gasteiger partial charge in [0, 0.05) is 0 Å². The van der Waals surface area contributed by atoms with E-state index in [0.29, 0.717) is 18.8 Å². The van der Waals surface area contributed by atoms with Gasteiger partial charge in [0.15, 0.2) is 0 Å². The maximum Gasteiger partial charge on any atom is 0.391 e. The van der Waals surface area contributed by atoms with Crippen molar-refractivity contribution in [2.24, 2.45) is 11.8 Å². The van der Waals surface area contributed by atoms with Crippen molar-refractivity contribution in [1.29, 1.82) is 0 Å². The van der Waals surface area contributed by atoms with Crippen LogP contribution in [-0.4, -0.2) is 6.18 Å². The predicted molar refractivity (Wildman–Crippen MR) is 41.8 cm³/mol. The molecule has 1 unspecified atom stereocenters. The Bertz CT molecular complexity index is 139. The van der Waals surface area contributed by atoms with Crippen molar-refractivity contribution in [3.05, 3.63) is 0 Å². The van der Waals surface area contributed by atoms with Crippen LogP contribution in [0.3, 0.4) is 0 Å². The molecule has 1 fully saturated rings. The van der Waals surface area contributed by atoms with Crippen molar-refractivity contribution in [3.63, 3.8) is 0 Å². The van der Waals surface area contributed by atoms with Gasteiger partial charge in [0.2, 0.25) is 0 Å². The van der Waals surface area contributed by atoms with Crippen LogP contribution in [0, 0.1) is 11.8 Å². The monoisotopic (exact) mass is 180 g/mol. The zero-order valence-corrected chi connectivity index (χ0v) is 7.32. The molecule has 0 amide bonds. The van der Waals surface area contributed by atoms with E-state index in [4.69, 9.17) is 0 Å². The molecule has 1 rings (SSSR count).